The van der Waals surface area contributed by atoms with Gasteiger partial charge in [0.1, 0.15) is 0 Å². The number of rotatable bonds is 1. The van der Waals surface area contributed by atoms with Gasteiger partial charge in [-0.25, -0.2) is 0 Å². The lowest BCUT2D eigenvalue weighted by molar-refractivity contribution is -0.118. The fraction of sp³-hybridized carbons (Fsp3) is 1.00. The first-order valence-corrected chi connectivity index (χ1v) is 5.11. The molecule has 2 fully saturated rings. The van der Waals surface area contributed by atoms with Gasteiger partial charge in [0, 0.05) is 6.61 Å². The first kappa shape index (κ1) is 8.52. The number of aliphatic hydroxyl groups is 1. The second-order valence-electron chi connectivity index (χ2n) is 4.24. The van der Waals surface area contributed by atoms with Gasteiger partial charge in [0.25, 0.3) is 0 Å². The molecule has 0 radical (unpaired) electrons. The first-order chi connectivity index (χ1) is 5.81. The predicted molar refractivity (Wildman–Crippen MR) is 47.0 cm³/mol. The van der Waals surface area contributed by atoms with Crippen LogP contribution in [0.5, 0.6) is 0 Å². The van der Waals surface area contributed by atoms with Crippen LogP contribution in [0.15, 0.2) is 0 Å². The molecule has 1 saturated carbocycles. The Hall–Kier alpha value is -0.0800. The summed E-state index contributed by atoms with van der Waals surface area (Å²) in [5.41, 5.74) is -0.464. The van der Waals surface area contributed by atoms with E-state index in [2.05, 4.69) is 0 Å². The third-order valence-electron chi connectivity index (χ3n) is 3.37. The molecule has 12 heavy (non-hydrogen) atoms. The highest BCUT2D eigenvalue weighted by Gasteiger charge is 2.39. The van der Waals surface area contributed by atoms with Gasteiger partial charge in [0.2, 0.25) is 0 Å². The van der Waals surface area contributed by atoms with Crippen molar-refractivity contribution in [3.8, 4) is 0 Å². The maximum atomic E-state index is 10.2. The van der Waals surface area contributed by atoms with E-state index in [1.165, 1.54) is 25.7 Å². The van der Waals surface area contributed by atoms with Crippen molar-refractivity contribution in [2.24, 2.45) is 5.92 Å². The van der Waals surface area contributed by atoms with Gasteiger partial charge in [-0.3, -0.25) is 0 Å². The molecule has 70 valence electrons. The summed E-state index contributed by atoms with van der Waals surface area (Å²) in [5.74, 6) is 0.526. The largest absolute Gasteiger partial charge is 0.387 e. The Bertz CT molecular complexity index is 144. The van der Waals surface area contributed by atoms with Crippen LogP contribution in [0.4, 0.5) is 0 Å². The second-order valence-corrected chi connectivity index (χ2v) is 4.24. The van der Waals surface area contributed by atoms with E-state index in [4.69, 9.17) is 4.74 Å². The molecule has 1 unspecified atom stereocenters. The Morgan fingerprint density at radius 3 is 2.50 bits per heavy atom. The van der Waals surface area contributed by atoms with Crippen LogP contribution in [0.3, 0.4) is 0 Å². The molecular weight excluding hydrogens is 152 g/mol. The third-order valence-corrected chi connectivity index (χ3v) is 3.37. The molecule has 2 aliphatic rings. The van der Waals surface area contributed by atoms with E-state index < -0.39 is 5.60 Å². The Balaban J connectivity index is 1.97. The van der Waals surface area contributed by atoms with Gasteiger partial charge >= 0.3 is 0 Å². The van der Waals surface area contributed by atoms with Gasteiger partial charge in [0.15, 0.2) is 0 Å². The molecule has 1 atom stereocenters. The fourth-order valence-corrected chi connectivity index (χ4v) is 2.59. The summed E-state index contributed by atoms with van der Waals surface area (Å²) in [5, 5.41) is 10.2. The van der Waals surface area contributed by atoms with Crippen LogP contribution < -0.4 is 0 Å². The van der Waals surface area contributed by atoms with Crippen molar-refractivity contribution in [1.82, 2.24) is 0 Å². The SMILES string of the molecule is OC1(C2CCCC2)CCCOC1. The van der Waals surface area contributed by atoms with E-state index in [1.54, 1.807) is 0 Å². The predicted octanol–water partition coefficient (Wildman–Crippen LogP) is 1.72. The molecule has 1 saturated heterocycles. The summed E-state index contributed by atoms with van der Waals surface area (Å²) in [7, 11) is 0. The normalized spacial score (nSPS) is 38.8. The molecule has 0 aromatic rings. The topological polar surface area (TPSA) is 29.5 Å². The lowest BCUT2D eigenvalue weighted by atomic mass is 9.82. The highest BCUT2D eigenvalue weighted by molar-refractivity contribution is 4.90. The van der Waals surface area contributed by atoms with Crippen molar-refractivity contribution in [3.05, 3.63) is 0 Å². The molecule has 1 N–H and O–H groups in total. The maximum Gasteiger partial charge on any atom is 0.0908 e. The average molecular weight is 170 g/mol. The van der Waals surface area contributed by atoms with E-state index in [1.807, 2.05) is 0 Å². The zero-order valence-electron chi connectivity index (χ0n) is 7.59. The fourth-order valence-electron chi connectivity index (χ4n) is 2.59. The highest BCUT2D eigenvalue weighted by atomic mass is 16.5. The minimum absolute atomic E-state index is 0.464. The Morgan fingerprint density at radius 2 is 1.92 bits per heavy atom. The summed E-state index contributed by atoms with van der Waals surface area (Å²) >= 11 is 0. The summed E-state index contributed by atoms with van der Waals surface area (Å²) in [6, 6.07) is 0. The lowest BCUT2D eigenvalue weighted by Crippen LogP contribution is -2.44. The zero-order chi connectivity index (χ0) is 8.44. The van der Waals surface area contributed by atoms with Crippen molar-refractivity contribution in [1.29, 1.82) is 0 Å². The third kappa shape index (κ3) is 1.50. The second kappa shape index (κ2) is 3.35. The zero-order valence-corrected chi connectivity index (χ0v) is 7.59. The van der Waals surface area contributed by atoms with Crippen molar-refractivity contribution in [2.75, 3.05) is 13.2 Å². The molecule has 2 rings (SSSR count). The Kier molecular flexibility index (Phi) is 2.37. The minimum atomic E-state index is -0.464. The van der Waals surface area contributed by atoms with E-state index in [-0.39, 0.29) is 0 Å². The maximum absolute atomic E-state index is 10.2. The quantitative estimate of drug-likeness (QED) is 0.649. The van der Waals surface area contributed by atoms with Crippen molar-refractivity contribution in [3.63, 3.8) is 0 Å². The standard InChI is InChI=1S/C10H18O2/c11-10(6-3-7-12-8-10)9-4-1-2-5-9/h9,11H,1-8H2. The van der Waals surface area contributed by atoms with Gasteiger partial charge in [-0.15, -0.1) is 0 Å². The molecule has 1 heterocycles. The summed E-state index contributed by atoms with van der Waals surface area (Å²) in [6.07, 6.45) is 7.00. The number of ether oxygens (including phenoxy) is 1. The van der Waals surface area contributed by atoms with Gasteiger partial charge in [-0.2, -0.15) is 0 Å². The molecule has 1 aliphatic carbocycles. The monoisotopic (exact) mass is 170 g/mol. The van der Waals surface area contributed by atoms with Gasteiger partial charge < -0.3 is 9.84 Å². The van der Waals surface area contributed by atoms with E-state index in [0.717, 1.165) is 19.4 Å². The average Bonchev–Trinajstić information content (AvgIpc) is 2.58. The van der Waals surface area contributed by atoms with Crippen LogP contribution in [-0.2, 0) is 4.74 Å². The molecular formula is C10H18O2. The van der Waals surface area contributed by atoms with Crippen LogP contribution in [-0.4, -0.2) is 23.9 Å². The smallest absolute Gasteiger partial charge is 0.0908 e. The molecule has 0 aromatic heterocycles. The molecule has 0 aromatic carbocycles. The van der Waals surface area contributed by atoms with Crippen LogP contribution in [0.2, 0.25) is 0 Å². The molecule has 2 heteroatoms. The van der Waals surface area contributed by atoms with Crippen LogP contribution >= 0.6 is 0 Å². The van der Waals surface area contributed by atoms with Crippen LogP contribution in [0, 0.1) is 5.92 Å². The Labute approximate surface area is 73.9 Å². The van der Waals surface area contributed by atoms with Crippen LogP contribution in [0.1, 0.15) is 38.5 Å². The van der Waals surface area contributed by atoms with Gasteiger partial charge in [-0.1, -0.05) is 12.8 Å². The first-order valence-electron chi connectivity index (χ1n) is 5.11. The van der Waals surface area contributed by atoms with Crippen molar-refractivity contribution < 1.29 is 9.84 Å². The molecule has 0 bridgehead atoms. The van der Waals surface area contributed by atoms with Crippen molar-refractivity contribution >= 4 is 0 Å². The van der Waals surface area contributed by atoms with Gasteiger partial charge in [0.05, 0.1) is 12.2 Å². The van der Waals surface area contributed by atoms with E-state index in [9.17, 15) is 5.11 Å². The molecule has 0 amide bonds. The number of hydrogen-bond donors (Lipinski definition) is 1. The number of hydrogen-bond acceptors (Lipinski definition) is 2. The molecule has 1 aliphatic heterocycles. The Morgan fingerprint density at radius 1 is 1.17 bits per heavy atom. The molecule has 0 spiro atoms. The summed E-state index contributed by atoms with van der Waals surface area (Å²) in [4.78, 5) is 0. The lowest BCUT2D eigenvalue weighted by Gasteiger charge is -2.37. The van der Waals surface area contributed by atoms with Crippen molar-refractivity contribution in [2.45, 2.75) is 44.1 Å². The minimum Gasteiger partial charge on any atom is -0.387 e. The van der Waals surface area contributed by atoms with E-state index in [0.29, 0.717) is 12.5 Å². The van der Waals surface area contributed by atoms with E-state index >= 15 is 0 Å². The molecule has 2 nitrogen and oxygen atoms in total. The van der Waals surface area contributed by atoms with Crippen LogP contribution in [0.25, 0.3) is 0 Å². The highest BCUT2D eigenvalue weighted by Crippen LogP contribution is 2.38. The summed E-state index contributed by atoms with van der Waals surface area (Å²) in [6.45, 7) is 1.42. The van der Waals surface area contributed by atoms with Gasteiger partial charge in [-0.05, 0) is 31.6 Å². The summed E-state index contributed by atoms with van der Waals surface area (Å²) < 4.78 is 5.35.